The Hall–Kier alpha value is -4.04. The number of ether oxygens (including phenoxy) is 2. The number of piperidine rings is 2. The van der Waals surface area contributed by atoms with Crippen LogP contribution in [0.25, 0.3) is 0 Å². The van der Waals surface area contributed by atoms with Crippen molar-refractivity contribution in [1.82, 2.24) is 29.6 Å². The highest BCUT2D eigenvalue weighted by Gasteiger charge is 2.64. The Bertz CT molecular complexity index is 1800. The number of phenols is 1. The summed E-state index contributed by atoms with van der Waals surface area (Å²) in [5, 5.41) is 28.5. The highest BCUT2D eigenvalue weighted by molar-refractivity contribution is 5.94. The first kappa shape index (κ1) is 35.4. The van der Waals surface area contributed by atoms with E-state index in [0.717, 1.165) is 57.5 Å². The molecule has 13 nitrogen and oxygen atoms in total. The predicted molar refractivity (Wildman–Crippen MR) is 192 cm³/mol. The number of anilines is 1. The number of rotatable bonds is 9. The largest absolute Gasteiger partial charge is 0.504 e. The number of aliphatic hydroxyl groups is 1. The lowest BCUT2D eigenvalue weighted by Gasteiger charge is -2.56. The van der Waals surface area contributed by atoms with Gasteiger partial charge in [-0.3, -0.25) is 4.79 Å². The van der Waals surface area contributed by atoms with Crippen LogP contribution in [0.1, 0.15) is 50.7 Å². The molecule has 2 N–H and O–H groups in total. The van der Waals surface area contributed by atoms with Crippen LogP contribution >= 0.6 is 0 Å². The van der Waals surface area contributed by atoms with Crippen molar-refractivity contribution < 1.29 is 24.5 Å². The lowest BCUT2D eigenvalue weighted by molar-refractivity contribution is -0.120. The average Bonchev–Trinajstić information content (AvgIpc) is 3.70. The standard InChI is InChI=1S/C21H32N6O3.C17H19NO3/c1-4-19(28)27(18-9-7-6-8-10-18)21(17-30-3)11-13-24(14-12-21)15-16-26-20(29)25(5-2)22-23-26;1-18-7-6-17-10-3-5-13(20)16(17)21-15-12(19)4-2-9(14(15)17)8-11(10)18/h6-10H,4-5,11-17H2,1-3H3;2-5,10-11,13,16,19-20H,6-8H2,1H3/t;10-,11+,13-,16-,17-/m.0/s1. The molecule has 274 valence electrons. The van der Waals surface area contributed by atoms with Gasteiger partial charge in [-0.2, -0.15) is 9.36 Å². The average molecular weight is 702 g/mol. The number of aryl methyl sites for hydroxylation is 1. The zero-order valence-electron chi connectivity index (χ0n) is 30.1. The number of phenolic OH excluding ortho intramolecular Hbond substituents is 1. The van der Waals surface area contributed by atoms with Crippen LogP contribution < -0.4 is 15.3 Å². The minimum absolute atomic E-state index is 0.106. The number of aliphatic hydroxyl groups excluding tert-OH is 1. The van der Waals surface area contributed by atoms with Gasteiger partial charge in [0.25, 0.3) is 0 Å². The first-order valence-electron chi connectivity index (χ1n) is 18.4. The summed E-state index contributed by atoms with van der Waals surface area (Å²) in [7, 11) is 3.88. The first-order valence-corrected chi connectivity index (χ1v) is 18.4. The summed E-state index contributed by atoms with van der Waals surface area (Å²) in [6.45, 7) is 8.65. The maximum absolute atomic E-state index is 13.0. The molecule has 51 heavy (non-hydrogen) atoms. The quantitative estimate of drug-likeness (QED) is 0.321. The van der Waals surface area contributed by atoms with Gasteiger partial charge in [-0.25, -0.2) is 4.79 Å². The van der Waals surface area contributed by atoms with E-state index >= 15 is 0 Å². The molecule has 1 amide bonds. The fourth-order valence-corrected chi connectivity index (χ4v) is 9.43. The molecule has 13 heteroatoms. The fourth-order valence-electron chi connectivity index (χ4n) is 9.43. The van der Waals surface area contributed by atoms with E-state index in [2.05, 4.69) is 33.4 Å². The molecule has 3 aliphatic heterocycles. The van der Waals surface area contributed by atoms with Crippen LogP contribution in [0.5, 0.6) is 11.5 Å². The van der Waals surface area contributed by atoms with Crippen LogP contribution in [-0.2, 0) is 34.5 Å². The zero-order chi connectivity index (χ0) is 35.9. The van der Waals surface area contributed by atoms with Crippen molar-refractivity contribution in [2.45, 2.75) is 88.2 Å². The summed E-state index contributed by atoms with van der Waals surface area (Å²) in [6.07, 6.45) is 7.23. The number of benzene rings is 2. The van der Waals surface area contributed by atoms with Crippen LogP contribution in [0.15, 0.2) is 59.4 Å². The molecule has 0 unspecified atom stereocenters. The Kier molecular flexibility index (Phi) is 9.83. The van der Waals surface area contributed by atoms with Crippen LogP contribution in [0.4, 0.5) is 5.69 Å². The van der Waals surface area contributed by atoms with E-state index in [0.29, 0.717) is 43.8 Å². The molecule has 2 aromatic carbocycles. The Balaban J connectivity index is 0.000000168. The molecular weight excluding hydrogens is 650 g/mol. The number of likely N-dealkylation sites (N-methyl/N-ethyl adjacent to an activating group) is 1. The number of aromatic nitrogens is 4. The lowest BCUT2D eigenvalue weighted by atomic mass is 9.53. The topological polar surface area (TPSA) is 138 Å². The number of amides is 1. The molecule has 1 aromatic heterocycles. The number of likely N-dealkylation sites (tertiary alicyclic amines) is 2. The van der Waals surface area contributed by atoms with Crippen molar-refractivity contribution in [3.8, 4) is 11.5 Å². The monoisotopic (exact) mass is 701 g/mol. The van der Waals surface area contributed by atoms with E-state index in [-0.39, 0.29) is 34.4 Å². The number of aromatic hydroxyl groups is 1. The van der Waals surface area contributed by atoms with Crippen molar-refractivity contribution >= 4 is 11.6 Å². The van der Waals surface area contributed by atoms with Gasteiger partial charge in [-0.15, -0.1) is 0 Å². The van der Waals surface area contributed by atoms with Crippen LogP contribution in [0.2, 0.25) is 0 Å². The summed E-state index contributed by atoms with van der Waals surface area (Å²) in [5.41, 5.74) is 2.66. The van der Waals surface area contributed by atoms with E-state index in [9.17, 15) is 19.8 Å². The summed E-state index contributed by atoms with van der Waals surface area (Å²) in [5.74, 6) is 1.30. The Morgan fingerprint density at radius 3 is 2.45 bits per heavy atom. The van der Waals surface area contributed by atoms with Gasteiger partial charge in [0.15, 0.2) is 11.5 Å². The van der Waals surface area contributed by atoms with Crippen LogP contribution in [-0.4, -0.2) is 116 Å². The molecule has 3 aromatic rings. The van der Waals surface area contributed by atoms with E-state index in [1.165, 1.54) is 20.5 Å². The van der Waals surface area contributed by atoms with Crippen LogP contribution in [0.3, 0.4) is 0 Å². The van der Waals surface area contributed by atoms with Gasteiger partial charge in [-0.05, 0) is 80.4 Å². The molecular formula is C38H51N7O6. The smallest absolute Gasteiger partial charge is 0.363 e. The Labute approximate surface area is 299 Å². The van der Waals surface area contributed by atoms with Crippen LogP contribution in [0, 0.1) is 5.92 Å². The van der Waals surface area contributed by atoms with Crippen molar-refractivity contribution in [1.29, 1.82) is 0 Å². The zero-order valence-corrected chi connectivity index (χ0v) is 30.1. The summed E-state index contributed by atoms with van der Waals surface area (Å²) < 4.78 is 14.5. The van der Waals surface area contributed by atoms with Gasteiger partial charge in [0.05, 0.1) is 18.7 Å². The van der Waals surface area contributed by atoms with Gasteiger partial charge in [0, 0.05) is 68.3 Å². The number of hydrogen-bond donors (Lipinski definition) is 2. The third-order valence-corrected chi connectivity index (χ3v) is 12.0. The Morgan fingerprint density at radius 1 is 1.02 bits per heavy atom. The first-order chi connectivity index (χ1) is 24.7. The summed E-state index contributed by atoms with van der Waals surface area (Å²) >= 11 is 0. The molecule has 4 heterocycles. The number of carbonyl (C=O) groups excluding carboxylic acids is 1. The third kappa shape index (κ3) is 5.97. The van der Waals surface area contributed by atoms with Gasteiger partial charge in [0.2, 0.25) is 5.91 Å². The van der Waals surface area contributed by atoms with Crippen molar-refractivity contribution in [2.75, 3.05) is 51.8 Å². The number of nitrogens with zero attached hydrogens (tertiary/aromatic N) is 7. The van der Waals surface area contributed by atoms with Crippen molar-refractivity contribution in [2.24, 2.45) is 5.92 Å². The molecule has 2 fully saturated rings. The minimum atomic E-state index is -0.594. The molecule has 2 aliphatic carbocycles. The van der Waals surface area contributed by atoms with E-state index in [1.807, 2.05) is 61.2 Å². The molecule has 2 saturated heterocycles. The van der Waals surface area contributed by atoms with Crippen molar-refractivity contribution in [3.05, 3.63) is 76.2 Å². The molecule has 2 bridgehead atoms. The molecule has 5 aliphatic rings. The predicted octanol–water partition coefficient (Wildman–Crippen LogP) is 2.58. The van der Waals surface area contributed by atoms with E-state index < -0.39 is 6.10 Å². The maximum atomic E-state index is 13.0. The SMILES string of the molecule is CCC(=O)N(c1ccccc1)C1(COC)CCN(CCn2nnn(CC)c2=O)CC1.CN1CC[C@]23c4c5ccc(O)c4O[C@H]2[C@@H](O)C=C[C@H]3[C@H]1C5. The van der Waals surface area contributed by atoms with Gasteiger partial charge >= 0.3 is 5.69 Å². The normalized spacial score (nSPS) is 27.2. The second-order valence-electron chi connectivity index (χ2n) is 14.6. The fraction of sp³-hybridized carbons (Fsp3) is 0.579. The summed E-state index contributed by atoms with van der Waals surface area (Å²) in [6, 6.07) is 14.1. The number of para-hydroxylation sites is 1. The van der Waals surface area contributed by atoms with Gasteiger partial charge in [-0.1, -0.05) is 43.3 Å². The highest BCUT2D eigenvalue weighted by Crippen LogP contribution is 2.62. The second kappa shape index (κ2) is 14.2. The third-order valence-electron chi connectivity index (χ3n) is 12.0. The number of carbonyl (C=O) groups is 1. The molecule has 8 rings (SSSR count). The molecule has 0 saturated carbocycles. The molecule has 1 spiro atoms. The van der Waals surface area contributed by atoms with Gasteiger partial charge < -0.3 is 34.4 Å². The lowest BCUT2D eigenvalue weighted by Crippen LogP contribution is -2.64. The van der Waals surface area contributed by atoms with E-state index in [1.54, 1.807) is 13.2 Å². The molecule has 5 atom stereocenters. The second-order valence-corrected chi connectivity index (χ2v) is 14.6. The van der Waals surface area contributed by atoms with Gasteiger partial charge in [0.1, 0.15) is 12.2 Å². The molecule has 0 radical (unpaired) electrons. The Morgan fingerprint density at radius 2 is 1.76 bits per heavy atom. The minimum Gasteiger partial charge on any atom is -0.504 e. The van der Waals surface area contributed by atoms with E-state index in [4.69, 9.17) is 9.47 Å². The maximum Gasteiger partial charge on any atom is 0.363 e. The number of tetrazole rings is 1. The highest BCUT2D eigenvalue weighted by atomic mass is 16.5. The number of methoxy groups -OCH3 is 1. The number of hydrogen-bond acceptors (Lipinski definition) is 10. The van der Waals surface area contributed by atoms with Crippen molar-refractivity contribution in [3.63, 3.8) is 0 Å². The summed E-state index contributed by atoms with van der Waals surface area (Å²) in [4.78, 5) is 31.8.